The molecular formula is C12H20O2. The average molecular weight is 196 g/mol. The van der Waals surface area contributed by atoms with Gasteiger partial charge in [-0.1, -0.05) is 24.3 Å². The maximum absolute atomic E-state index is 9.56. The van der Waals surface area contributed by atoms with Crippen LogP contribution in [0.5, 0.6) is 0 Å². The molecule has 0 radical (unpaired) electrons. The molecular weight excluding hydrogens is 176 g/mol. The molecule has 0 spiro atoms. The van der Waals surface area contributed by atoms with Gasteiger partial charge in [-0.15, -0.1) is 13.2 Å². The van der Waals surface area contributed by atoms with Crippen molar-refractivity contribution < 1.29 is 10.2 Å². The van der Waals surface area contributed by atoms with E-state index in [1.165, 1.54) is 12.2 Å². The van der Waals surface area contributed by atoms with Crippen LogP contribution >= 0.6 is 0 Å². The van der Waals surface area contributed by atoms with Gasteiger partial charge in [0.05, 0.1) is 11.2 Å². The van der Waals surface area contributed by atoms with Crippen LogP contribution in [0, 0.1) is 0 Å². The van der Waals surface area contributed by atoms with E-state index in [1.54, 1.807) is 13.8 Å². The van der Waals surface area contributed by atoms with Crippen molar-refractivity contribution in [3.63, 3.8) is 0 Å². The van der Waals surface area contributed by atoms with Crippen molar-refractivity contribution in [3.05, 3.63) is 37.5 Å². The van der Waals surface area contributed by atoms with Crippen molar-refractivity contribution in [3.8, 4) is 0 Å². The summed E-state index contributed by atoms with van der Waals surface area (Å²) in [5, 5.41) is 19.1. The first-order valence-corrected chi connectivity index (χ1v) is 4.70. The Morgan fingerprint density at radius 3 is 1.43 bits per heavy atom. The van der Waals surface area contributed by atoms with E-state index in [0.29, 0.717) is 12.8 Å². The van der Waals surface area contributed by atoms with Gasteiger partial charge in [-0.2, -0.15) is 0 Å². The van der Waals surface area contributed by atoms with Crippen LogP contribution in [-0.2, 0) is 0 Å². The van der Waals surface area contributed by atoms with E-state index in [0.717, 1.165) is 0 Å². The van der Waals surface area contributed by atoms with Crippen LogP contribution in [0.25, 0.3) is 0 Å². The Balaban J connectivity index is 3.98. The molecule has 2 N–H and O–H groups in total. The fraction of sp³-hybridized carbons (Fsp3) is 0.500. The number of rotatable bonds is 6. The standard InChI is InChI=1S/C12H20O2/c1-5-11(3,13)9-7-8-10-12(4,14)6-2/h5-8,13-14H,1-2,9-10H2,3-4H3/b8-7-. The lowest BCUT2D eigenvalue weighted by molar-refractivity contribution is 0.111. The number of hydrogen-bond acceptors (Lipinski definition) is 2. The number of aliphatic hydroxyl groups is 2. The van der Waals surface area contributed by atoms with E-state index in [9.17, 15) is 10.2 Å². The van der Waals surface area contributed by atoms with Gasteiger partial charge in [-0.25, -0.2) is 0 Å². The Hall–Kier alpha value is -0.860. The second-order valence-corrected chi connectivity index (χ2v) is 4.00. The first-order chi connectivity index (χ1) is 6.33. The van der Waals surface area contributed by atoms with Crippen LogP contribution in [0.15, 0.2) is 37.5 Å². The highest BCUT2D eigenvalue weighted by Gasteiger charge is 2.14. The molecule has 0 saturated heterocycles. The molecule has 0 saturated carbocycles. The van der Waals surface area contributed by atoms with Crippen LogP contribution in [0.4, 0.5) is 0 Å². The molecule has 2 unspecified atom stereocenters. The van der Waals surface area contributed by atoms with E-state index in [1.807, 2.05) is 12.2 Å². The highest BCUT2D eigenvalue weighted by molar-refractivity contribution is 5.03. The fourth-order valence-corrected chi connectivity index (χ4v) is 0.811. The van der Waals surface area contributed by atoms with Gasteiger partial charge in [0, 0.05) is 0 Å². The maximum atomic E-state index is 9.56. The molecule has 14 heavy (non-hydrogen) atoms. The summed E-state index contributed by atoms with van der Waals surface area (Å²) in [5.74, 6) is 0. The van der Waals surface area contributed by atoms with Crippen molar-refractivity contribution >= 4 is 0 Å². The monoisotopic (exact) mass is 196 g/mol. The zero-order chi connectivity index (χ0) is 11.2. The third-order valence-corrected chi connectivity index (χ3v) is 2.11. The predicted molar refractivity (Wildman–Crippen MR) is 60.0 cm³/mol. The molecule has 0 aromatic heterocycles. The maximum Gasteiger partial charge on any atom is 0.0831 e. The Morgan fingerprint density at radius 1 is 0.929 bits per heavy atom. The molecule has 0 bridgehead atoms. The van der Waals surface area contributed by atoms with Gasteiger partial charge in [-0.3, -0.25) is 0 Å². The Labute approximate surface area is 86.3 Å². The fourth-order valence-electron chi connectivity index (χ4n) is 0.811. The van der Waals surface area contributed by atoms with Crippen LogP contribution in [-0.4, -0.2) is 21.4 Å². The molecule has 0 aliphatic rings. The van der Waals surface area contributed by atoms with Gasteiger partial charge in [0.2, 0.25) is 0 Å². The predicted octanol–water partition coefficient (Wildman–Crippen LogP) is 2.20. The number of hydrogen-bond donors (Lipinski definition) is 2. The third-order valence-electron chi connectivity index (χ3n) is 2.11. The largest absolute Gasteiger partial charge is 0.386 e. The second-order valence-electron chi connectivity index (χ2n) is 4.00. The van der Waals surface area contributed by atoms with Gasteiger partial charge in [-0.05, 0) is 26.7 Å². The topological polar surface area (TPSA) is 40.5 Å². The van der Waals surface area contributed by atoms with Crippen molar-refractivity contribution in [1.29, 1.82) is 0 Å². The molecule has 0 aromatic carbocycles. The molecule has 0 fully saturated rings. The summed E-state index contributed by atoms with van der Waals surface area (Å²) in [7, 11) is 0. The highest BCUT2D eigenvalue weighted by atomic mass is 16.3. The molecule has 2 nitrogen and oxygen atoms in total. The summed E-state index contributed by atoms with van der Waals surface area (Å²) in [6.07, 6.45) is 7.68. The average Bonchev–Trinajstić information content (AvgIpc) is 2.13. The van der Waals surface area contributed by atoms with Crippen molar-refractivity contribution in [2.45, 2.75) is 37.9 Å². The van der Waals surface area contributed by atoms with E-state index in [4.69, 9.17) is 0 Å². The van der Waals surface area contributed by atoms with Crippen molar-refractivity contribution in [2.24, 2.45) is 0 Å². The summed E-state index contributed by atoms with van der Waals surface area (Å²) < 4.78 is 0. The second kappa shape index (κ2) is 5.13. The quantitative estimate of drug-likeness (QED) is 0.639. The molecule has 80 valence electrons. The van der Waals surface area contributed by atoms with Crippen molar-refractivity contribution in [1.82, 2.24) is 0 Å². The van der Waals surface area contributed by atoms with E-state index in [-0.39, 0.29) is 0 Å². The first kappa shape index (κ1) is 13.1. The molecule has 0 amide bonds. The minimum absolute atomic E-state index is 0.504. The van der Waals surface area contributed by atoms with E-state index < -0.39 is 11.2 Å². The Kier molecular flexibility index (Phi) is 4.81. The molecule has 0 aliphatic carbocycles. The first-order valence-electron chi connectivity index (χ1n) is 4.70. The molecule has 0 rings (SSSR count). The van der Waals surface area contributed by atoms with Gasteiger partial charge in [0.25, 0.3) is 0 Å². The molecule has 0 aromatic rings. The molecule has 2 heteroatoms. The molecule has 0 heterocycles. The summed E-state index contributed by atoms with van der Waals surface area (Å²) in [6, 6.07) is 0. The Bertz CT molecular complexity index is 200. The summed E-state index contributed by atoms with van der Waals surface area (Å²) >= 11 is 0. The van der Waals surface area contributed by atoms with E-state index in [2.05, 4.69) is 13.2 Å². The zero-order valence-corrected chi connectivity index (χ0v) is 9.03. The van der Waals surface area contributed by atoms with Gasteiger partial charge in [0.15, 0.2) is 0 Å². The SMILES string of the molecule is C=CC(C)(O)C/C=C\CC(C)(O)C=C. The lowest BCUT2D eigenvalue weighted by Crippen LogP contribution is -2.20. The lowest BCUT2D eigenvalue weighted by atomic mass is 9.99. The third kappa shape index (κ3) is 5.73. The van der Waals surface area contributed by atoms with Gasteiger partial charge in [0.1, 0.15) is 0 Å². The minimum atomic E-state index is -0.865. The summed E-state index contributed by atoms with van der Waals surface area (Å²) in [6.45, 7) is 10.4. The Morgan fingerprint density at radius 2 is 1.21 bits per heavy atom. The van der Waals surface area contributed by atoms with Crippen LogP contribution in [0.3, 0.4) is 0 Å². The smallest absolute Gasteiger partial charge is 0.0831 e. The zero-order valence-electron chi connectivity index (χ0n) is 9.03. The van der Waals surface area contributed by atoms with Crippen LogP contribution in [0.2, 0.25) is 0 Å². The van der Waals surface area contributed by atoms with Crippen LogP contribution in [0.1, 0.15) is 26.7 Å². The van der Waals surface area contributed by atoms with Crippen LogP contribution < -0.4 is 0 Å². The van der Waals surface area contributed by atoms with Gasteiger partial charge >= 0.3 is 0 Å². The minimum Gasteiger partial charge on any atom is -0.386 e. The summed E-state index contributed by atoms with van der Waals surface area (Å²) in [4.78, 5) is 0. The molecule has 0 aliphatic heterocycles. The normalized spacial score (nSPS) is 20.0. The lowest BCUT2D eigenvalue weighted by Gasteiger charge is -2.17. The highest BCUT2D eigenvalue weighted by Crippen LogP contribution is 2.14. The summed E-state index contributed by atoms with van der Waals surface area (Å²) in [5.41, 5.74) is -1.73. The molecule has 2 atom stereocenters. The van der Waals surface area contributed by atoms with Crippen molar-refractivity contribution in [2.75, 3.05) is 0 Å². The van der Waals surface area contributed by atoms with Gasteiger partial charge < -0.3 is 10.2 Å². The van der Waals surface area contributed by atoms with E-state index >= 15 is 0 Å².